The van der Waals surface area contributed by atoms with Gasteiger partial charge in [0.25, 0.3) is 0 Å². The van der Waals surface area contributed by atoms with Gasteiger partial charge in [0.1, 0.15) is 0 Å². The van der Waals surface area contributed by atoms with Crippen LogP contribution in [0.1, 0.15) is 33.1 Å². The van der Waals surface area contributed by atoms with Gasteiger partial charge < -0.3 is 4.74 Å². The van der Waals surface area contributed by atoms with E-state index >= 15 is 0 Å². The molecule has 1 fully saturated rings. The van der Waals surface area contributed by atoms with Crippen LogP contribution in [-0.2, 0) is 4.74 Å². The topological polar surface area (TPSA) is 9.23 Å². The second kappa shape index (κ2) is 3.90. The average molecular weight is 221 g/mol. The summed E-state index contributed by atoms with van der Waals surface area (Å²) in [5, 5.41) is 1.07. The maximum atomic E-state index is 5.70. The molecule has 66 valence electrons. The van der Waals surface area contributed by atoms with E-state index in [0.29, 0.717) is 11.5 Å². The third-order valence-corrected chi connectivity index (χ3v) is 2.74. The Kier molecular flexibility index (Phi) is 3.38. The zero-order valence-corrected chi connectivity index (χ0v) is 8.99. The molecule has 1 saturated heterocycles. The highest BCUT2D eigenvalue weighted by atomic mass is 79.9. The van der Waals surface area contributed by atoms with Crippen molar-refractivity contribution in [3.63, 3.8) is 0 Å². The van der Waals surface area contributed by atoms with Crippen molar-refractivity contribution < 1.29 is 4.74 Å². The molecular formula is C9H17BrO. The standard InChI is InChI=1S/C9H17BrO/c1-9(2)5-3-8(4-6-10)11-7-9/h8H,3-7H2,1-2H3. The maximum Gasteiger partial charge on any atom is 0.0583 e. The molecule has 1 rings (SSSR count). The van der Waals surface area contributed by atoms with E-state index < -0.39 is 0 Å². The van der Waals surface area contributed by atoms with Gasteiger partial charge in [0, 0.05) is 5.33 Å². The molecule has 2 heteroatoms. The highest BCUT2D eigenvalue weighted by Crippen LogP contribution is 2.30. The minimum Gasteiger partial charge on any atom is -0.378 e. The first-order valence-electron chi connectivity index (χ1n) is 4.32. The van der Waals surface area contributed by atoms with Gasteiger partial charge in [-0.05, 0) is 24.7 Å². The van der Waals surface area contributed by atoms with Crippen LogP contribution in [0.4, 0.5) is 0 Å². The van der Waals surface area contributed by atoms with Crippen LogP contribution in [-0.4, -0.2) is 18.0 Å². The van der Waals surface area contributed by atoms with Crippen LogP contribution < -0.4 is 0 Å². The van der Waals surface area contributed by atoms with Gasteiger partial charge in [-0.2, -0.15) is 0 Å². The first-order chi connectivity index (χ1) is 5.14. The fraction of sp³-hybridized carbons (Fsp3) is 1.00. The number of rotatable bonds is 2. The van der Waals surface area contributed by atoms with Gasteiger partial charge >= 0.3 is 0 Å². The molecule has 1 heterocycles. The van der Waals surface area contributed by atoms with E-state index in [1.54, 1.807) is 0 Å². The molecule has 0 aliphatic carbocycles. The zero-order valence-electron chi connectivity index (χ0n) is 7.40. The molecule has 1 nitrogen and oxygen atoms in total. The van der Waals surface area contributed by atoms with Crippen LogP contribution in [0.25, 0.3) is 0 Å². The molecule has 11 heavy (non-hydrogen) atoms. The minimum absolute atomic E-state index is 0.419. The van der Waals surface area contributed by atoms with Crippen LogP contribution >= 0.6 is 15.9 Å². The summed E-state index contributed by atoms with van der Waals surface area (Å²) in [4.78, 5) is 0. The van der Waals surface area contributed by atoms with Crippen LogP contribution in [0.15, 0.2) is 0 Å². The third-order valence-electron chi connectivity index (χ3n) is 2.28. The molecule has 0 N–H and O–H groups in total. The van der Waals surface area contributed by atoms with Crippen LogP contribution in [0, 0.1) is 5.41 Å². The van der Waals surface area contributed by atoms with E-state index in [4.69, 9.17) is 4.74 Å². The summed E-state index contributed by atoms with van der Waals surface area (Å²) in [6, 6.07) is 0. The van der Waals surface area contributed by atoms with E-state index in [9.17, 15) is 0 Å². The summed E-state index contributed by atoms with van der Waals surface area (Å²) in [5.41, 5.74) is 0.419. The van der Waals surface area contributed by atoms with Crippen molar-refractivity contribution in [1.82, 2.24) is 0 Å². The van der Waals surface area contributed by atoms with Crippen molar-refractivity contribution in [2.24, 2.45) is 5.41 Å². The summed E-state index contributed by atoms with van der Waals surface area (Å²) in [6.07, 6.45) is 4.22. The summed E-state index contributed by atoms with van der Waals surface area (Å²) >= 11 is 3.43. The lowest BCUT2D eigenvalue weighted by atomic mass is 9.85. The lowest BCUT2D eigenvalue weighted by Crippen LogP contribution is -2.31. The molecular weight excluding hydrogens is 204 g/mol. The Balaban J connectivity index is 2.25. The Hall–Kier alpha value is 0.440. The highest BCUT2D eigenvalue weighted by Gasteiger charge is 2.26. The first kappa shape index (κ1) is 9.53. The summed E-state index contributed by atoms with van der Waals surface area (Å²) < 4.78 is 5.70. The summed E-state index contributed by atoms with van der Waals surface area (Å²) in [6.45, 7) is 5.49. The van der Waals surface area contributed by atoms with E-state index in [1.165, 1.54) is 12.8 Å². The van der Waals surface area contributed by atoms with Crippen molar-refractivity contribution in [3.05, 3.63) is 0 Å². The van der Waals surface area contributed by atoms with E-state index in [1.807, 2.05) is 0 Å². The fourth-order valence-electron chi connectivity index (χ4n) is 1.40. The van der Waals surface area contributed by atoms with Crippen molar-refractivity contribution in [1.29, 1.82) is 0 Å². The van der Waals surface area contributed by atoms with E-state index in [-0.39, 0.29) is 0 Å². The van der Waals surface area contributed by atoms with Gasteiger partial charge in [0.05, 0.1) is 12.7 Å². The number of hydrogen-bond donors (Lipinski definition) is 0. The molecule has 1 atom stereocenters. The van der Waals surface area contributed by atoms with Gasteiger partial charge in [-0.25, -0.2) is 0 Å². The van der Waals surface area contributed by atoms with Gasteiger partial charge in [-0.1, -0.05) is 29.8 Å². The largest absolute Gasteiger partial charge is 0.378 e. The lowest BCUT2D eigenvalue weighted by Gasteiger charge is -2.34. The molecule has 0 aromatic carbocycles. The maximum absolute atomic E-state index is 5.70. The molecule has 1 aliphatic rings. The summed E-state index contributed by atoms with van der Waals surface area (Å²) in [7, 11) is 0. The van der Waals surface area contributed by atoms with Gasteiger partial charge in [0.2, 0.25) is 0 Å². The predicted octanol–water partition coefficient (Wildman–Crippen LogP) is 2.98. The Labute approximate surface area is 77.6 Å². The van der Waals surface area contributed by atoms with Crippen molar-refractivity contribution in [2.45, 2.75) is 39.2 Å². The Bertz CT molecular complexity index is 113. The number of halogens is 1. The molecule has 0 bridgehead atoms. The lowest BCUT2D eigenvalue weighted by molar-refractivity contribution is -0.0484. The Morgan fingerprint density at radius 1 is 1.55 bits per heavy atom. The van der Waals surface area contributed by atoms with E-state index in [2.05, 4.69) is 29.8 Å². The molecule has 0 spiro atoms. The van der Waals surface area contributed by atoms with E-state index in [0.717, 1.165) is 18.4 Å². The number of ether oxygens (including phenoxy) is 1. The number of alkyl halides is 1. The Morgan fingerprint density at radius 3 is 2.73 bits per heavy atom. The van der Waals surface area contributed by atoms with Gasteiger partial charge in [-0.3, -0.25) is 0 Å². The normalized spacial score (nSPS) is 30.3. The minimum atomic E-state index is 0.419. The SMILES string of the molecule is CC1(C)CCC(CCBr)OC1. The van der Waals surface area contributed by atoms with Crippen LogP contribution in [0.2, 0.25) is 0 Å². The fourth-order valence-corrected chi connectivity index (χ4v) is 1.91. The Morgan fingerprint density at radius 2 is 2.27 bits per heavy atom. The van der Waals surface area contributed by atoms with Crippen LogP contribution in [0.3, 0.4) is 0 Å². The smallest absolute Gasteiger partial charge is 0.0583 e. The zero-order chi connectivity index (χ0) is 8.32. The van der Waals surface area contributed by atoms with Crippen molar-refractivity contribution in [3.8, 4) is 0 Å². The monoisotopic (exact) mass is 220 g/mol. The predicted molar refractivity (Wildman–Crippen MR) is 51.2 cm³/mol. The van der Waals surface area contributed by atoms with Crippen molar-refractivity contribution in [2.75, 3.05) is 11.9 Å². The van der Waals surface area contributed by atoms with Gasteiger partial charge in [-0.15, -0.1) is 0 Å². The summed E-state index contributed by atoms with van der Waals surface area (Å²) in [5.74, 6) is 0. The van der Waals surface area contributed by atoms with Crippen molar-refractivity contribution >= 4 is 15.9 Å². The molecule has 0 saturated carbocycles. The highest BCUT2D eigenvalue weighted by molar-refractivity contribution is 9.09. The number of hydrogen-bond acceptors (Lipinski definition) is 1. The molecule has 1 unspecified atom stereocenters. The first-order valence-corrected chi connectivity index (χ1v) is 5.44. The second-order valence-corrected chi connectivity index (χ2v) is 4.91. The molecule has 0 aromatic heterocycles. The molecule has 0 aromatic rings. The second-order valence-electron chi connectivity index (χ2n) is 4.11. The molecule has 0 amide bonds. The average Bonchev–Trinajstić information content (AvgIpc) is 1.94. The third kappa shape index (κ3) is 3.12. The molecule has 0 radical (unpaired) electrons. The molecule has 1 aliphatic heterocycles. The quantitative estimate of drug-likeness (QED) is 0.651. The van der Waals surface area contributed by atoms with Crippen LogP contribution in [0.5, 0.6) is 0 Å². The van der Waals surface area contributed by atoms with Gasteiger partial charge in [0.15, 0.2) is 0 Å².